The molecule has 0 amide bonds. The lowest BCUT2D eigenvalue weighted by atomic mass is 10.2. The smallest absolute Gasteiger partial charge is 0.235 e. The van der Waals surface area contributed by atoms with Crippen molar-refractivity contribution in [2.45, 2.75) is 38.4 Å². The van der Waals surface area contributed by atoms with Crippen molar-refractivity contribution in [1.82, 2.24) is 4.98 Å². The first-order valence-corrected chi connectivity index (χ1v) is 7.55. The van der Waals surface area contributed by atoms with Crippen LogP contribution in [0.2, 0.25) is 5.15 Å². The zero-order chi connectivity index (χ0) is 12.9. The Hall–Kier alpha value is -0.810. The average molecular weight is 277 g/mol. The molecular formula is C11H17ClN2O2S. The summed E-state index contributed by atoms with van der Waals surface area (Å²) in [6.07, 6.45) is 3.52. The standard InChI is InChI=1S/C11H17ClN2O2S/c1-3-5-10(4-2)17(15,16)14-9-6-7-11(12)13-8-9/h6-8,10,14H,3-5H2,1-2H3/t10-/m1/s1. The first-order chi connectivity index (χ1) is 7.99. The third-order valence-corrected chi connectivity index (χ3v) is 4.68. The molecular weight excluding hydrogens is 260 g/mol. The van der Waals surface area contributed by atoms with Crippen LogP contribution in [0.3, 0.4) is 0 Å². The molecule has 0 saturated heterocycles. The maximum atomic E-state index is 12.0. The Labute approximate surface area is 107 Å². The Kier molecular flexibility index (Phi) is 5.21. The van der Waals surface area contributed by atoms with Crippen molar-refractivity contribution in [3.05, 3.63) is 23.5 Å². The van der Waals surface area contributed by atoms with Gasteiger partial charge in [0.15, 0.2) is 0 Å². The van der Waals surface area contributed by atoms with Crippen LogP contribution in [0, 0.1) is 0 Å². The zero-order valence-electron chi connectivity index (χ0n) is 9.98. The van der Waals surface area contributed by atoms with Gasteiger partial charge in [-0.15, -0.1) is 0 Å². The van der Waals surface area contributed by atoms with E-state index in [9.17, 15) is 8.42 Å². The summed E-state index contributed by atoms with van der Waals surface area (Å²) in [5, 5.41) is -0.0169. The average Bonchev–Trinajstić information content (AvgIpc) is 2.28. The molecule has 6 heteroatoms. The Morgan fingerprint density at radius 2 is 2.12 bits per heavy atom. The molecule has 17 heavy (non-hydrogen) atoms. The normalized spacial score (nSPS) is 13.4. The van der Waals surface area contributed by atoms with Crippen LogP contribution in [-0.4, -0.2) is 18.7 Å². The molecule has 1 N–H and O–H groups in total. The molecule has 0 aliphatic heterocycles. The highest BCUT2D eigenvalue weighted by molar-refractivity contribution is 7.93. The Morgan fingerprint density at radius 1 is 1.41 bits per heavy atom. The van der Waals surface area contributed by atoms with E-state index in [-0.39, 0.29) is 5.25 Å². The van der Waals surface area contributed by atoms with Crippen LogP contribution in [0.5, 0.6) is 0 Å². The van der Waals surface area contributed by atoms with Gasteiger partial charge in [0.1, 0.15) is 5.15 Å². The van der Waals surface area contributed by atoms with Crippen LogP contribution in [0.1, 0.15) is 33.1 Å². The van der Waals surface area contributed by atoms with Gasteiger partial charge >= 0.3 is 0 Å². The lowest BCUT2D eigenvalue weighted by Gasteiger charge is -2.16. The summed E-state index contributed by atoms with van der Waals surface area (Å²) in [4.78, 5) is 3.83. The summed E-state index contributed by atoms with van der Waals surface area (Å²) in [6.45, 7) is 3.85. The highest BCUT2D eigenvalue weighted by Gasteiger charge is 2.22. The number of hydrogen-bond donors (Lipinski definition) is 1. The van der Waals surface area contributed by atoms with Crippen LogP contribution in [0.4, 0.5) is 5.69 Å². The minimum absolute atomic E-state index is 0.341. The summed E-state index contributed by atoms with van der Waals surface area (Å²) < 4.78 is 26.6. The highest BCUT2D eigenvalue weighted by atomic mass is 35.5. The minimum atomic E-state index is -3.33. The van der Waals surface area contributed by atoms with E-state index in [1.54, 1.807) is 12.1 Å². The van der Waals surface area contributed by atoms with Gasteiger partial charge in [-0.3, -0.25) is 4.72 Å². The van der Waals surface area contributed by atoms with Crippen LogP contribution in [-0.2, 0) is 10.0 Å². The van der Waals surface area contributed by atoms with Crippen LogP contribution in [0.25, 0.3) is 0 Å². The van der Waals surface area contributed by atoms with Crippen molar-refractivity contribution < 1.29 is 8.42 Å². The second-order valence-corrected chi connectivity index (χ2v) is 6.18. The molecule has 0 bridgehead atoms. The lowest BCUT2D eigenvalue weighted by molar-refractivity contribution is 0.569. The monoisotopic (exact) mass is 276 g/mol. The van der Waals surface area contributed by atoms with Gasteiger partial charge in [0.05, 0.1) is 17.1 Å². The maximum Gasteiger partial charge on any atom is 0.235 e. The number of aromatic nitrogens is 1. The van der Waals surface area contributed by atoms with Gasteiger partial charge < -0.3 is 0 Å². The van der Waals surface area contributed by atoms with Crippen LogP contribution >= 0.6 is 11.6 Å². The van der Waals surface area contributed by atoms with Crippen molar-refractivity contribution in [1.29, 1.82) is 0 Å². The quantitative estimate of drug-likeness (QED) is 0.813. The maximum absolute atomic E-state index is 12.0. The summed E-state index contributed by atoms with van der Waals surface area (Å²) >= 11 is 5.63. The van der Waals surface area contributed by atoms with Gasteiger partial charge in [0, 0.05) is 0 Å². The summed E-state index contributed by atoms with van der Waals surface area (Å²) in [7, 11) is -3.33. The van der Waals surface area contributed by atoms with E-state index < -0.39 is 10.0 Å². The molecule has 0 radical (unpaired) electrons. The third-order valence-electron chi connectivity index (χ3n) is 2.49. The fraction of sp³-hybridized carbons (Fsp3) is 0.545. The van der Waals surface area contributed by atoms with Gasteiger partial charge in [0.25, 0.3) is 0 Å². The SMILES string of the molecule is CCC[C@@H](CC)S(=O)(=O)Nc1ccc(Cl)nc1. The molecule has 0 spiro atoms. The van der Waals surface area contributed by atoms with Crippen molar-refractivity contribution >= 4 is 27.3 Å². The van der Waals surface area contributed by atoms with E-state index in [4.69, 9.17) is 11.6 Å². The zero-order valence-corrected chi connectivity index (χ0v) is 11.6. The van der Waals surface area contributed by atoms with E-state index in [1.807, 2.05) is 13.8 Å². The van der Waals surface area contributed by atoms with E-state index in [0.717, 1.165) is 6.42 Å². The molecule has 1 heterocycles. The van der Waals surface area contributed by atoms with Crippen molar-refractivity contribution in [3.63, 3.8) is 0 Å². The predicted octanol–water partition coefficient (Wildman–Crippen LogP) is 3.06. The van der Waals surface area contributed by atoms with Crippen molar-refractivity contribution in [2.24, 2.45) is 0 Å². The first-order valence-electron chi connectivity index (χ1n) is 5.62. The second-order valence-electron chi connectivity index (χ2n) is 3.84. The van der Waals surface area contributed by atoms with Crippen molar-refractivity contribution in [3.8, 4) is 0 Å². The Morgan fingerprint density at radius 3 is 2.59 bits per heavy atom. The fourth-order valence-corrected chi connectivity index (χ4v) is 3.30. The number of nitrogens with one attached hydrogen (secondary N) is 1. The molecule has 1 rings (SSSR count). The first kappa shape index (κ1) is 14.3. The Balaban J connectivity index is 2.81. The van der Waals surface area contributed by atoms with Gasteiger partial charge in [0.2, 0.25) is 10.0 Å². The Bertz CT molecular complexity index is 445. The number of anilines is 1. The molecule has 1 aromatic heterocycles. The second kappa shape index (κ2) is 6.21. The highest BCUT2D eigenvalue weighted by Crippen LogP contribution is 2.17. The number of nitrogens with zero attached hydrogens (tertiary/aromatic N) is 1. The number of rotatable bonds is 6. The molecule has 0 fully saturated rings. The van der Waals surface area contributed by atoms with Gasteiger partial charge in [-0.25, -0.2) is 13.4 Å². The summed E-state index contributed by atoms with van der Waals surface area (Å²) in [5.74, 6) is 0. The largest absolute Gasteiger partial charge is 0.282 e. The van der Waals surface area contributed by atoms with Crippen LogP contribution in [0.15, 0.2) is 18.3 Å². The fourth-order valence-electron chi connectivity index (χ4n) is 1.58. The number of pyridine rings is 1. The van der Waals surface area contributed by atoms with E-state index in [2.05, 4.69) is 9.71 Å². The van der Waals surface area contributed by atoms with E-state index in [0.29, 0.717) is 23.7 Å². The molecule has 96 valence electrons. The minimum Gasteiger partial charge on any atom is -0.282 e. The number of sulfonamides is 1. The number of hydrogen-bond acceptors (Lipinski definition) is 3. The lowest BCUT2D eigenvalue weighted by Crippen LogP contribution is -2.27. The van der Waals surface area contributed by atoms with E-state index in [1.165, 1.54) is 6.20 Å². The molecule has 1 aromatic rings. The molecule has 0 saturated carbocycles. The topological polar surface area (TPSA) is 59.1 Å². The van der Waals surface area contributed by atoms with Gasteiger partial charge in [-0.2, -0.15) is 0 Å². The summed E-state index contributed by atoms with van der Waals surface area (Å²) in [6, 6.07) is 3.16. The van der Waals surface area contributed by atoms with Gasteiger partial charge in [-0.1, -0.05) is 31.9 Å². The van der Waals surface area contributed by atoms with Crippen LogP contribution < -0.4 is 4.72 Å². The molecule has 0 aromatic carbocycles. The molecule has 0 aliphatic carbocycles. The summed E-state index contributed by atoms with van der Waals surface area (Å²) in [5.41, 5.74) is 0.448. The van der Waals surface area contributed by atoms with Gasteiger partial charge in [-0.05, 0) is 25.0 Å². The third kappa shape index (κ3) is 4.16. The molecule has 0 unspecified atom stereocenters. The predicted molar refractivity (Wildman–Crippen MR) is 70.8 cm³/mol. The molecule has 4 nitrogen and oxygen atoms in total. The molecule has 0 aliphatic rings. The molecule has 1 atom stereocenters. The number of halogens is 1. The van der Waals surface area contributed by atoms with Crippen molar-refractivity contribution in [2.75, 3.05) is 4.72 Å². The van der Waals surface area contributed by atoms with E-state index >= 15 is 0 Å².